The largest absolute Gasteiger partial charge is 0.462 e. The molecule has 38 heavy (non-hydrogen) atoms. The normalized spacial score (nSPS) is 22.4. The van der Waals surface area contributed by atoms with Crippen molar-refractivity contribution in [2.75, 3.05) is 13.2 Å². The maximum absolute atomic E-state index is 13.5. The van der Waals surface area contributed by atoms with E-state index in [2.05, 4.69) is 0 Å². The molecule has 210 valence electrons. The lowest BCUT2D eigenvalue weighted by Gasteiger charge is -2.45. The van der Waals surface area contributed by atoms with E-state index in [-0.39, 0.29) is 11.4 Å². The third-order valence-electron chi connectivity index (χ3n) is 6.40. The molecule has 0 N–H and O–H groups in total. The van der Waals surface area contributed by atoms with Crippen molar-refractivity contribution in [1.29, 1.82) is 0 Å². The van der Waals surface area contributed by atoms with Crippen LogP contribution in [0.4, 0.5) is 0 Å². The summed E-state index contributed by atoms with van der Waals surface area (Å²) in [5.41, 5.74) is -1.37. The molecule has 0 aliphatic carbocycles. The third kappa shape index (κ3) is 6.06. The van der Waals surface area contributed by atoms with Crippen LogP contribution in [0.3, 0.4) is 0 Å². The summed E-state index contributed by atoms with van der Waals surface area (Å²) in [6.45, 7) is 4.28. The summed E-state index contributed by atoms with van der Waals surface area (Å²) in [4.78, 5) is 74.3. The lowest BCUT2D eigenvalue weighted by Crippen LogP contribution is -2.57. The van der Waals surface area contributed by atoms with Gasteiger partial charge in [0, 0.05) is 53.6 Å². The van der Waals surface area contributed by atoms with E-state index in [1.54, 1.807) is 0 Å². The van der Waals surface area contributed by atoms with E-state index in [0.717, 1.165) is 36.8 Å². The van der Waals surface area contributed by atoms with E-state index >= 15 is 0 Å². The molecule has 6 atom stereocenters. The molecule has 0 aromatic carbocycles. The summed E-state index contributed by atoms with van der Waals surface area (Å²) in [6, 6.07) is 0. The number of fused-ring (bicyclic) bond motifs is 2. The van der Waals surface area contributed by atoms with E-state index < -0.39 is 78.2 Å². The van der Waals surface area contributed by atoms with Gasteiger partial charge in [0.05, 0.1) is 12.2 Å². The van der Waals surface area contributed by atoms with Crippen molar-refractivity contribution in [3.63, 3.8) is 0 Å². The quantitative estimate of drug-likeness (QED) is 0.311. The molecule has 14 heteroatoms. The molecule has 3 heterocycles. The molecule has 0 spiro atoms. The molecule has 0 unspecified atom stereocenters. The molecule has 14 nitrogen and oxygen atoms in total. The second-order valence-electron chi connectivity index (χ2n) is 9.21. The van der Waals surface area contributed by atoms with Crippen molar-refractivity contribution < 1.29 is 47.6 Å². The van der Waals surface area contributed by atoms with Gasteiger partial charge in [-0.25, -0.2) is 4.79 Å². The van der Waals surface area contributed by atoms with Crippen molar-refractivity contribution >= 4 is 23.9 Å². The van der Waals surface area contributed by atoms with Crippen LogP contribution in [0.5, 0.6) is 5.88 Å². The second-order valence-corrected chi connectivity index (χ2v) is 9.21. The fraction of sp³-hybridized carbons (Fsp3) is 0.667. The van der Waals surface area contributed by atoms with Gasteiger partial charge in [-0.1, -0.05) is 0 Å². The molecule has 1 aromatic heterocycles. The van der Waals surface area contributed by atoms with Crippen molar-refractivity contribution in [2.24, 2.45) is 20.0 Å². The molecule has 2 aliphatic rings. The Kier molecular flexibility index (Phi) is 8.97. The highest BCUT2D eigenvalue weighted by Crippen LogP contribution is 2.46. The predicted molar refractivity (Wildman–Crippen MR) is 126 cm³/mol. The van der Waals surface area contributed by atoms with E-state index in [0.29, 0.717) is 19.4 Å². The van der Waals surface area contributed by atoms with Crippen molar-refractivity contribution in [3.8, 4) is 5.88 Å². The number of hydrogen-bond donors (Lipinski definition) is 0. The summed E-state index contributed by atoms with van der Waals surface area (Å²) in [5, 5.41) is 0. The standard InChI is InChI=1S/C24H32N2O12/c1-11(27)34-10-16(35-12(2)28)19(36-13(3)29)20(37-14(4)30)17-15-8-7-9-33-23(15)38-22-18(17)21(31)25(5)24(32)26(22)6/h15-17,19-20,23H,7-10H2,1-6H3/t15-,16-,17+,19-,20-,23+/m0/s1. The fourth-order valence-corrected chi connectivity index (χ4v) is 4.95. The molecule has 0 amide bonds. The molecular weight excluding hydrogens is 508 g/mol. The van der Waals surface area contributed by atoms with Gasteiger partial charge in [-0.2, -0.15) is 0 Å². The number of nitrogens with zero attached hydrogens (tertiary/aromatic N) is 2. The Labute approximate surface area is 217 Å². The second kappa shape index (κ2) is 11.8. The van der Waals surface area contributed by atoms with Gasteiger partial charge in [0.25, 0.3) is 5.56 Å². The Hall–Kier alpha value is -3.68. The summed E-state index contributed by atoms with van der Waals surface area (Å²) in [6.07, 6.45) is -4.23. The Morgan fingerprint density at radius 3 is 2.13 bits per heavy atom. The minimum absolute atomic E-state index is 0.00110. The number of carbonyl (C=O) groups is 4. The van der Waals surface area contributed by atoms with Crippen LogP contribution >= 0.6 is 0 Å². The summed E-state index contributed by atoms with van der Waals surface area (Å²) in [5.74, 6) is -4.80. The first-order valence-electron chi connectivity index (χ1n) is 12.1. The minimum atomic E-state index is -1.51. The highest BCUT2D eigenvalue weighted by molar-refractivity contribution is 5.69. The number of aromatic nitrogens is 2. The van der Waals surface area contributed by atoms with Gasteiger partial charge in [-0.3, -0.25) is 33.1 Å². The topological polar surface area (TPSA) is 168 Å². The number of carbonyl (C=O) groups excluding carboxylic acids is 4. The summed E-state index contributed by atoms with van der Waals surface area (Å²) < 4.78 is 35.4. The highest BCUT2D eigenvalue weighted by atomic mass is 16.7. The first kappa shape index (κ1) is 28.9. The van der Waals surface area contributed by atoms with Gasteiger partial charge in [0.1, 0.15) is 6.61 Å². The maximum atomic E-state index is 13.5. The van der Waals surface area contributed by atoms with Crippen LogP contribution in [0, 0.1) is 5.92 Å². The van der Waals surface area contributed by atoms with Crippen LogP contribution in [0.2, 0.25) is 0 Å². The summed E-state index contributed by atoms with van der Waals surface area (Å²) in [7, 11) is 2.70. The smallest absolute Gasteiger partial charge is 0.333 e. The molecule has 3 rings (SSSR count). The van der Waals surface area contributed by atoms with Crippen LogP contribution in [-0.4, -0.2) is 70.8 Å². The van der Waals surface area contributed by atoms with E-state index in [1.165, 1.54) is 14.1 Å². The lowest BCUT2D eigenvalue weighted by molar-refractivity contribution is -0.206. The first-order valence-corrected chi connectivity index (χ1v) is 12.1. The Balaban J connectivity index is 2.29. The van der Waals surface area contributed by atoms with E-state index in [1.807, 2.05) is 0 Å². The van der Waals surface area contributed by atoms with Gasteiger partial charge in [0.2, 0.25) is 12.2 Å². The van der Waals surface area contributed by atoms with Crippen molar-refractivity contribution in [3.05, 3.63) is 26.4 Å². The zero-order chi connectivity index (χ0) is 28.3. The van der Waals surface area contributed by atoms with Crippen LogP contribution in [0.1, 0.15) is 52.0 Å². The molecular formula is C24H32N2O12. The van der Waals surface area contributed by atoms with E-state index in [4.69, 9.17) is 28.4 Å². The molecule has 0 saturated carbocycles. The van der Waals surface area contributed by atoms with Crippen LogP contribution in [-0.2, 0) is 57.0 Å². The van der Waals surface area contributed by atoms with Crippen LogP contribution in [0.15, 0.2) is 9.59 Å². The minimum Gasteiger partial charge on any atom is -0.462 e. The van der Waals surface area contributed by atoms with Crippen molar-refractivity contribution in [1.82, 2.24) is 9.13 Å². The SMILES string of the molecule is CC(=O)OC[C@H](OC(C)=O)[C@H](OC(C)=O)[C@@H](OC(C)=O)[C@H]1c2c(n(C)c(=O)n(C)c2=O)O[C@H]2OCCC[C@H]21. The summed E-state index contributed by atoms with van der Waals surface area (Å²) >= 11 is 0. The molecule has 1 fully saturated rings. The van der Waals surface area contributed by atoms with Gasteiger partial charge in [0.15, 0.2) is 18.3 Å². The van der Waals surface area contributed by atoms with Crippen molar-refractivity contribution in [2.45, 2.75) is 71.1 Å². The Bertz CT molecular complexity index is 1220. The number of rotatable bonds is 8. The number of ether oxygens (including phenoxy) is 6. The number of esters is 4. The molecule has 1 aromatic rings. The zero-order valence-corrected chi connectivity index (χ0v) is 22.1. The van der Waals surface area contributed by atoms with Gasteiger partial charge in [-0.05, 0) is 12.8 Å². The predicted octanol–water partition coefficient (Wildman–Crippen LogP) is -0.329. The van der Waals surface area contributed by atoms with Gasteiger partial charge in [-0.15, -0.1) is 0 Å². The maximum Gasteiger partial charge on any atom is 0.333 e. The highest BCUT2D eigenvalue weighted by Gasteiger charge is 2.53. The fourth-order valence-electron chi connectivity index (χ4n) is 4.95. The molecule has 0 radical (unpaired) electrons. The van der Waals surface area contributed by atoms with E-state index in [9.17, 15) is 28.8 Å². The molecule has 2 aliphatic heterocycles. The number of hydrogen-bond acceptors (Lipinski definition) is 12. The van der Waals surface area contributed by atoms with Crippen LogP contribution < -0.4 is 16.0 Å². The molecule has 1 saturated heterocycles. The Morgan fingerprint density at radius 2 is 1.55 bits per heavy atom. The van der Waals surface area contributed by atoms with Gasteiger partial charge >= 0.3 is 29.6 Å². The average Bonchev–Trinajstić information content (AvgIpc) is 2.84. The van der Waals surface area contributed by atoms with Crippen LogP contribution in [0.25, 0.3) is 0 Å². The third-order valence-corrected chi connectivity index (χ3v) is 6.40. The molecule has 0 bridgehead atoms. The zero-order valence-electron chi connectivity index (χ0n) is 22.1. The average molecular weight is 541 g/mol. The lowest BCUT2D eigenvalue weighted by atomic mass is 9.75. The first-order chi connectivity index (χ1) is 17.8. The van der Waals surface area contributed by atoms with Gasteiger partial charge < -0.3 is 28.4 Å². The Morgan fingerprint density at radius 1 is 0.921 bits per heavy atom. The monoisotopic (exact) mass is 540 g/mol.